The maximum atomic E-state index is 11.9. The second-order valence-electron chi connectivity index (χ2n) is 5.86. The van der Waals surface area contributed by atoms with E-state index in [0.29, 0.717) is 6.54 Å². The molecule has 2 heterocycles. The summed E-state index contributed by atoms with van der Waals surface area (Å²) in [5, 5.41) is 10.6. The van der Waals surface area contributed by atoms with Gasteiger partial charge in [0.05, 0.1) is 18.8 Å². The smallest absolute Gasteiger partial charge is 0.234 e. The van der Waals surface area contributed by atoms with E-state index in [4.69, 9.17) is 4.74 Å². The molecule has 0 bridgehead atoms. The Balaban J connectivity index is 1.72. The van der Waals surface area contributed by atoms with E-state index in [2.05, 4.69) is 29.6 Å². The summed E-state index contributed by atoms with van der Waals surface area (Å²) in [6, 6.07) is 0.633. The van der Waals surface area contributed by atoms with Crippen molar-refractivity contribution in [3.63, 3.8) is 0 Å². The van der Waals surface area contributed by atoms with Crippen LogP contribution in [0.3, 0.4) is 0 Å². The van der Waals surface area contributed by atoms with Crippen LogP contribution in [0.25, 0.3) is 0 Å². The predicted molar refractivity (Wildman–Crippen MR) is 81.1 cm³/mol. The first-order valence-electron chi connectivity index (χ1n) is 7.67. The summed E-state index contributed by atoms with van der Waals surface area (Å²) in [7, 11) is 0. The van der Waals surface area contributed by atoms with E-state index in [1.807, 2.05) is 24.0 Å². The Kier molecular flexibility index (Phi) is 5.76. The fraction of sp³-hybridized carbons (Fsp3) is 0.733. The van der Waals surface area contributed by atoms with Crippen LogP contribution in [-0.4, -0.2) is 47.5 Å². The number of hydrogen-bond acceptors (Lipinski definition) is 4. The Labute approximate surface area is 126 Å². The first-order chi connectivity index (χ1) is 10.1. The zero-order chi connectivity index (χ0) is 15.2. The van der Waals surface area contributed by atoms with Crippen molar-refractivity contribution in [3.05, 3.63) is 18.0 Å². The highest BCUT2D eigenvalue weighted by Gasteiger charge is 2.18. The molecule has 21 heavy (non-hydrogen) atoms. The van der Waals surface area contributed by atoms with Gasteiger partial charge in [0.25, 0.3) is 0 Å². The third-order valence-electron chi connectivity index (χ3n) is 4.04. The fourth-order valence-electron chi connectivity index (χ4n) is 2.43. The SMILES string of the molecule is Cc1cnn(C(C)C(C)NCC(=O)NC2CCOCC2)c1. The Morgan fingerprint density at radius 3 is 2.81 bits per heavy atom. The summed E-state index contributed by atoms with van der Waals surface area (Å²) in [6.45, 7) is 8.01. The summed E-state index contributed by atoms with van der Waals surface area (Å²) < 4.78 is 7.22. The zero-order valence-electron chi connectivity index (χ0n) is 13.1. The molecule has 2 rings (SSSR count). The molecule has 6 heteroatoms. The number of rotatable bonds is 6. The minimum Gasteiger partial charge on any atom is -0.381 e. The van der Waals surface area contributed by atoms with E-state index in [1.165, 1.54) is 0 Å². The minimum atomic E-state index is 0.0533. The quantitative estimate of drug-likeness (QED) is 0.822. The number of amides is 1. The summed E-state index contributed by atoms with van der Waals surface area (Å²) in [5.41, 5.74) is 1.14. The first kappa shape index (κ1) is 16.0. The highest BCUT2D eigenvalue weighted by molar-refractivity contribution is 5.78. The number of ether oxygens (including phenoxy) is 1. The van der Waals surface area contributed by atoms with Gasteiger partial charge in [-0.25, -0.2) is 0 Å². The molecule has 2 atom stereocenters. The van der Waals surface area contributed by atoms with Gasteiger partial charge in [-0.1, -0.05) is 0 Å². The molecule has 0 aliphatic carbocycles. The molecule has 1 fully saturated rings. The standard InChI is InChI=1S/C15H26N4O2/c1-11-8-17-19(10-11)13(3)12(2)16-9-15(20)18-14-4-6-21-7-5-14/h8,10,12-14,16H,4-7,9H2,1-3H3,(H,18,20). The molecule has 1 aromatic heterocycles. The molecule has 0 aromatic carbocycles. The van der Waals surface area contributed by atoms with E-state index < -0.39 is 0 Å². The average Bonchev–Trinajstić information content (AvgIpc) is 2.91. The molecule has 0 saturated carbocycles. The maximum Gasteiger partial charge on any atom is 0.234 e. The van der Waals surface area contributed by atoms with Crippen LogP contribution in [0.1, 0.15) is 38.3 Å². The Morgan fingerprint density at radius 2 is 2.19 bits per heavy atom. The van der Waals surface area contributed by atoms with Crippen molar-refractivity contribution in [3.8, 4) is 0 Å². The average molecular weight is 294 g/mol. The number of aromatic nitrogens is 2. The van der Waals surface area contributed by atoms with Crippen LogP contribution < -0.4 is 10.6 Å². The highest BCUT2D eigenvalue weighted by Crippen LogP contribution is 2.10. The van der Waals surface area contributed by atoms with Gasteiger partial charge >= 0.3 is 0 Å². The molecule has 1 aromatic rings. The highest BCUT2D eigenvalue weighted by atomic mass is 16.5. The van der Waals surface area contributed by atoms with Gasteiger partial charge in [-0.05, 0) is 39.2 Å². The minimum absolute atomic E-state index is 0.0533. The molecule has 0 radical (unpaired) electrons. The van der Waals surface area contributed by atoms with Crippen molar-refractivity contribution in [2.75, 3.05) is 19.8 Å². The lowest BCUT2D eigenvalue weighted by molar-refractivity contribution is -0.121. The monoisotopic (exact) mass is 294 g/mol. The molecule has 1 amide bonds. The predicted octanol–water partition coefficient (Wildman–Crippen LogP) is 1.03. The Bertz CT molecular complexity index is 454. The zero-order valence-corrected chi connectivity index (χ0v) is 13.1. The van der Waals surface area contributed by atoms with Crippen molar-refractivity contribution in [2.45, 2.75) is 51.7 Å². The molecule has 1 saturated heterocycles. The lowest BCUT2D eigenvalue weighted by Crippen LogP contribution is -2.45. The Morgan fingerprint density at radius 1 is 1.48 bits per heavy atom. The lowest BCUT2D eigenvalue weighted by Gasteiger charge is -2.25. The van der Waals surface area contributed by atoms with Crippen molar-refractivity contribution in [2.24, 2.45) is 0 Å². The fourth-order valence-corrected chi connectivity index (χ4v) is 2.43. The van der Waals surface area contributed by atoms with E-state index in [9.17, 15) is 4.79 Å². The van der Waals surface area contributed by atoms with Crippen LogP contribution in [0.2, 0.25) is 0 Å². The van der Waals surface area contributed by atoms with Crippen LogP contribution in [0, 0.1) is 6.92 Å². The summed E-state index contributed by atoms with van der Waals surface area (Å²) in [6.07, 6.45) is 5.68. The number of carbonyl (C=O) groups is 1. The van der Waals surface area contributed by atoms with Crippen LogP contribution in [0.5, 0.6) is 0 Å². The first-order valence-corrected chi connectivity index (χ1v) is 7.67. The van der Waals surface area contributed by atoms with E-state index in [-0.39, 0.29) is 24.0 Å². The van der Waals surface area contributed by atoms with Gasteiger partial charge in [-0.3, -0.25) is 9.48 Å². The molecular weight excluding hydrogens is 268 g/mol. The van der Waals surface area contributed by atoms with Crippen LogP contribution >= 0.6 is 0 Å². The molecule has 2 N–H and O–H groups in total. The van der Waals surface area contributed by atoms with Crippen molar-refractivity contribution in [1.82, 2.24) is 20.4 Å². The Hall–Kier alpha value is -1.40. The third-order valence-corrected chi connectivity index (χ3v) is 4.04. The molecule has 118 valence electrons. The molecule has 6 nitrogen and oxygen atoms in total. The number of carbonyl (C=O) groups excluding carboxylic acids is 1. The topological polar surface area (TPSA) is 68.2 Å². The number of nitrogens with one attached hydrogen (secondary N) is 2. The van der Waals surface area contributed by atoms with Gasteiger partial charge in [0.15, 0.2) is 0 Å². The van der Waals surface area contributed by atoms with Crippen LogP contribution in [0.15, 0.2) is 12.4 Å². The van der Waals surface area contributed by atoms with E-state index >= 15 is 0 Å². The van der Waals surface area contributed by atoms with E-state index in [0.717, 1.165) is 31.6 Å². The maximum absolute atomic E-state index is 11.9. The molecule has 1 aliphatic rings. The molecule has 0 spiro atoms. The molecule has 1 aliphatic heterocycles. The van der Waals surface area contributed by atoms with Crippen molar-refractivity contribution < 1.29 is 9.53 Å². The summed E-state index contributed by atoms with van der Waals surface area (Å²) >= 11 is 0. The van der Waals surface area contributed by atoms with Crippen LogP contribution in [-0.2, 0) is 9.53 Å². The second-order valence-corrected chi connectivity index (χ2v) is 5.86. The number of aryl methyl sites for hydroxylation is 1. The van der Waals surface area contributed by atoms with E-state index in [1.54, 1.807) is 0 Å². The third kappa shape index (κ3) is 4.82. The largest absolute Gasteiger partial charge is 0.381 e. The number of hydrogen-bond donors (Lipinski definition) is 2. The van der Waals surface area contributed by atoms with Crippen LogP contribution in [0.4, 0.5) is 0 Å². The van der Waals surface area contributed by atoms with Gasteiger partial charge in [-0.2, -0.15) is 5.10 Å². The van der Waals surface area contributed by atoms with Crippen molar-refractivity contribution >= 4 is 5.91 Å². The lowest BCUT2D eigenvalue weighted by atomic mass is 10.1. The summed E-state index contributed by atoms with van der Waals surface area (Å²) in [4.78, 5) is 11.9. The summed E-state index contributed by atoms with van der Waals surface area (Å²) in [5.74, 6) is 0.0533. The van der Waals surface area contributed by atoms with Gasteiger partial charge in [0.1, 0.15) is 0 Å². The van der Waals surface area contributed by atoms with Gasteiger partial charge in [0.2, 0.25) is 5.91 Å². The normalized spacial score (nSPS) is 19.2. The number of nitrogens with zero attached hydrogens (tertiary/aromatic N) is 2. The van der Waals surface area contributed by atoms with Crippen molar-refractivity contribution in [1.29, 1.82) is 0 Å². The molecular formula is C15H26N4O2. The van der Waals surface area contributed by atoms with Gasteiger partial charge < -0.3 is 15.4 Å². The van der Waals surface area contributed by atoms with Gasteiger partial charge in [-0.15, -0.1) is 0 Å². The molecule has 2 unspecified atom stereocenters. The van der Waals surface area contributed by atoms with Gasteiger partial charge in [0, 0.05) is 31.5 Å². The second kappa shape index (κ2) is 7.56.